The van der Waals surface area contributed by atoms with Crippen molar-refractivity contribution >= 4 is 39.8 Å². The number of hydrogen-bond donors (Lipinski definition) is 1. The second kappa shape index (κ2) is 12.1. The van der Waals surface area contributed by atoms with Gasteiger partial charge in [0.15, 0.2) is 28.8 Å². The van der Waals surface area contributed by atoms with Crippen molar-refractivity contribution in [3.63, 3.8) is 0 Å². The summed E-state index contributed by atoms with van der Waals surface area (Å²) < 4.78 is 22.8. The number of rotatable bonds is 10. The van der Waals surface area contributed by atoms with E-state index in [1.807, 2.05) is 62.4 Å². The molecule has 1 amide bonds. The predicted molar refractivity (Wildman–Crippen MR) is 157 cm³/mol. The minimum absolute atomic E-state index is 0.0311. The van der Waals surface area contributed by atoms with Gasteiger partial charge in [0.1, 0.15) is 18.3 Å². The molecular weight excluding hydrogens is 528 g/mol. The molecule has 0 bridgehead atoms. The van der Waals surface area contributed by atoms with Crippen molar-refractivity contribution in [2.45, 2.75) is 13.8 Å². The van der Waals surface area contributed by atoms with Gasteiger partial charge in [-0.3, -0.25) is 10.2 Å². The zero-order valence-corrected chi connectivity index (χ0v) is 23.2. The number of hydrazone groups is 1. The molecule has 0 saturated heterocycles. The van der Waals surface area contributed by atoms with Gasteiger partial charge in [-0.25, -0.2) is 0 Å². The Labute approximate surface area is 236 Å². The Morgan fingerprint density at radius 3 is 2.33 bits per heavy atom. The van der Waals surface area contributed by atoms with E-state index in [0.29, 0.717) is 52.0 Å². The largest absolute Gasteiger partial charge is 0.493 e. The molecule has 0 fully saturated rings. The van der Waals surface area contributed by atoms with Crippen LogP contribution in [-0.2, 0) is 4.79 Å². The number of nitrogens with zero attached hydrogens (tertiary/aromatic N) is 3. The highest BCUT2D eigenvalue weighted by molar-refractivity contribution is 8.27. The van der Waals surface area contributed by atoms with Crippen LogP contribution in [0.3, 0.4) is 0 Å². The summed E-state index contributed by atoms with van der Waals surface area (Å²) in [7, 11) is 1.59. The van der Waals surface area contributed by atoms with Crippen LogP contribution in [0.4, 0.5) is 0 Å². The smallest absolute Gasteiger partial charge is 0.283 e. The molecule has 40 heavy (non-hydrogen) atoms. The molecule has 0 unspecified atom stereocenters. The number of para-hydroxylation sites is 2. The van der Waals surface area contributed by atoms with Gasteiger partial charge in [-0.05, 0) is 61.5 Å². The van der Waals surface area contributed by atoms with Crippen molar-refractivity contribution < 1.29 is 23.7 Å². The number of amides is 1. The van der Waals surface area contributed by atoms with Crippen molar-refractivity contribution in [2.24, 2.45) is 10.1 Å². The Morgan fingerprint density at radius 1 is 0.925 bits per heavy atom. The molecule has 2 aliphatic heterocycles. The lowest BCUT2D eigenvalue weighted by Gasteiger charge is -2.20. The lowest BCUT2D eigenvalue weighted by atomic mass is 10.1. The van der Waals surface area contributed by atoms with E-state index in [9.17, 15) is 4.79 Å². The van der Waals surface area contributed by atoms with E-state index in [0.717, 1.165) is 11.1 Å². The third kappa shape index (κ3) is 5.86. The highest BCUT2D eigenvalue weighted by Crippen LogP contribution is 2.33. The van der Waals surface area contributed by atoms with Gasteiger partial charge in [-0.15, -0.1) is 0 Å². The highest BCUT2D eigenvalue weighted by Gasteiger charge is 2.36. The molecule has 3 aromatic carbocycles. The number of benzene rings is 3. The molecular formula is C30H28N4O5S. The normalized spacial score (nSPS) is 15.5. The molecule has 10 heteroatoms. The molecule has 3 aromatic rings. The molecule has 2 aliphatic rings. The first-order valence-electron chi connectivity index (χ1n) is 12.7. The molecule has 0 saturated carbocycles. The van der Waals surface area contributed by atoms with E-state index in [1.165, 1.54) is 16.8 Å². The van der Waals surface area contributed by atoms with Crippen molar-refractivity contribution in [1.29, 1.82) is 5.41 Å². The monoisotopic (exact) mass is 556 g/mol. The number of carbonyl (C=O) groups is 1. The number of fused-ring (bicyclic) bond motifs is 1. The summed E-state index contributed by atoms with van der Waals surface area (Å²) in [6.45, 7) is 4.92. The number of carbonyl (C=O) groups excluding carboxylic acids is 1. The summed E-state index contributed by atoms with van der Waals surface area (Å²) >= 11 is 1.27. The zero-order valence-electron chi connectivity index (χ0n) is 22.3. The van der Waals surface area contributed by atoms with Crippen molar-refractivity contribution in [3.05, 3.63) is 89.0 Å². The first-order chi connectivity index (χ1) is 19.5. The predicted octanol–water partition coefficient (Wildman–Crippen LogP) is 5.53. The van der Waals surface area contributed by atoms with Crippen LogP contribution in [0.25, 0.3) is 6.08 Å². The van der Waals surface area contributed by atoms with Crippen LogP contribution in [0, 0.1) is 12.3 Å². The maximum Gasteiger partial charge on any atom is 0.283 e. The molecule has 5 rings (SSSR count). The fourth-order valence-electron chi connectivity index (χ4n) is 4.01. The van der Waals surface area contributed by atoms with Crippen LogP contribution < -0.4 is 18.9 Å². The molecule has 204 valence electrons. The minimum atomic E-state index is -0.490. The van der Waals surface area contributed by atoms with Crippen LogP contribution in [0.2, 0.25) is 0 Å². The van der Waals surface area contributed by atoms with E-state index < -0.39 is 5.91 Å². The Bertz CT molecular complexity index is 1530. The van der Waals surface area contributed by atoms with Crippen molar-refractivity contribution in [3.8, 4) is 23.0 Å². The Kier molecular flexibility index (Phi) is 8.16. The SMILES string of the molecule is CCOc1cc(/C=C2\C(=N)N3N=C(c4ccc(C)cc4)SC3=NC2=O)ccc1OCCOc1ccccc1OC. The van der Waals surface area contributed by atoms with Gasteiger partial charge < -0.3 is 18.9 Å². The van der Waals surface area contributed by atoms with E-state index >= 15 is 0 Å². The molecule has 0 aromatic heterocycles. The molecule has 0 atom stereocenters. The molecule has 2 heterocycles. The van der Waals surface area contributed by atoms with Gasteiger partial charge in [0, 0.05) is 5.56 Å². The molecule has 0 spiro atoms. The van der Waals surface area contributed by atoms with Crippen LogP contribution in [0.15, 0.2) is 82.4 Å². The molecule has 1 N–H and O–H groups in total. The first-order valence-corrected chi connectivity index (χ1v) is 13.5. The van der Waals surface area contributed by atoms with E-state index in [4.69, 9.17) is 24.4 Å². The third-order valence-corrected chi connectivity index (χ3v) is 6.96. The number of nitrogens with one attached hydrogen (secondary N) is 1. The van der Waals surface area contributed by atoms with E-state index in [-0.39, 0.29) is 18.0 Å². The van der Waals surface area contributed by atoms with Crippen LogP contribution in [0.5, 0.6) is 23.0 Å². The summed E-state index contributed by atoms with van der Waals surface area (Å²) in [6.07, 6.45) is 1.62. The summed E-state index contributed by atoms with van der Waals surface area (Å²) in [5.41, 5.74) is 2.85. The Balaban J connectivity index is 1.30. The standard InChI is InChI=1S/C30H28N4O5S/c1-4-37-26-18-20(11-14-25(26)39-16-15-38-24-8-6-5-7-23(24)36-3)17-22-27(31)34-30(32-28(22)35)40-29(33-34)21-12-9-19(2)10-13-21/h5-14,17-18,31H,4,15-16H2,1-3H3/b22-17+,31-27?. The second-order valence-electron chi connectivity index (χ2n) is 8.78. The number of aryl methyl sites for hydroxylation is 1. The van der Waals surface area contributed by atoms with Gasteiger partial charge in [0.2, 0.25) is 5.17 Å². The van der Waals surface area contributed by atoms with Gasteiger partial charge in [0.25, 0.3) is 5.91 Å². The number of amidine groups is 2. The number of aliphatic imine (C=N–C) groups is 1. The van der Waals surface area contributed by atoms with Gasteiger partial charge >= 0.3 is 0 Å². The summed E-state index contributed by atoms with van der Waals surface area (Å²) in [5.74, 6) is 1.83. The topological polar surface area (TPSA) is 106 Å². The van der Waals surface area contributed by atoms with Crippen molar-refractivity contribution in [2.75, 3.05) is 26.9 Å². The van der Waals surface area contributed by atoms with Crippen LogP contribution in [0.1, 0.15) is 23.6 Å². The van der Waals surface area contributed by atoms with Crippen LogP contribution >= 0.6 is 11.8 Å². The van der Waals surface area contributed by atoms with Gasteiger partial charge in [-0.2, -0.15) is 15.1 Å². The number of methoxy groups -OCH3 is 1. The zero-order chi connectivity index (χ0) is 28.1. The maximum atomic E-state index is 12.9. The van der Waals surface area contributed by atoms with Crippen LogP contribution in [-0.4, -0.2) is 53.9 Å². The second-order valence-corrected chi connectivity index (χ2v) is 9.73. The average molecular weight is 557 g/mol. The minimum Gasteiger partial charge on any atom is -0.493 e. The maximum absolute atomic E-state index is 12.9. The highest BCUT2D eigenvalue weighted by atomic mass is 32.2. The Morgan fingerprint density at radius 2 is 1.62 bits per heavy atom. The quantitative estimate of drug-likeness (QED) is 0.259. The van der Waals surface area contributed by atoms with Gasteiger partial charge in [0.05, 0.1) is 19.3 Å². The average Bonchev–Trinajstić information content (AvgIpc) is 3.39. The number of ether oxygens (including phenoxy) is 4. The fraction of sp³-hybridized carbons (Fsp3) is 0.200. The Hall–Kier alpha value is -4.57. The van der Waals surface area contributed by atoms with Crippen molar-refractivity contribution in [1.82, 2.24) is 5.01 Å². The van der Waals surface area contributed by atoms with Gasteiger partial charge in [-0.1, -0.05) is 48.0 Å². The molecule has 0 radical (unpaired) electrons. The lowest BCUT2D eigenvalue weighted by Crippen LogP contribution is -2.35. The molecule has 9 nitrogen and oxygen atoms in total. The third-order valence-electron chi connectivity index (χ3n) is 6.00. The summed E-state index contributed by atoms with van der Waals surface area (Å²) in [6, 6.07) is 20.7. The first kappa shape index (κ1) is 27.0. The number of thioether (sulfide) groups is 1. The lowest BCUT2D eigenvalue weighted by molar-refractivity contribution is -0.114. The van der Waals surface area contributed by atoms with E-state index in [2.05, 4.69) is 10.1 Å². The summed E-state index contributed by atoms with van der Waals surface area (Å²) in [4.78, 5) is 17.1. The number of hydrogen-bond acceptors (Lipinski definition) is 8. The fourth-order valence-corrected chi connectivity index (χ4v) is 4.91. The van der Waals surface area contributed by atoms with E-state index in [1.54, 1.807) is 31.4 Å². The summed E-state index contributed by atoms with van der Waals surface area (Å²) in [5, 5.41) is 15.7. The molecule has 0 aliphatic carbocycles.